The molecule has 2 amide bonds. The summed E-state index contributed by atoms with van der Waals surface area (Å²) in [7, 11) is 1.33. The average molecular weight is 488 g/mol. The Kier molecular flexibility index (Phi) is 8.02. The van der Waals surface area contributed by atoms with E-state index in [0.717, 1.165) is 30.6 Å². The maximum atomic E-state index is 13.5. The molecule has 1 aromatic carbocycles. The SMILES string of the molecule is COC(=O)NCCCn1cc([C@@H](C)N(C(=O)[C@H]2CNC[C@@H](C)O2)C2CC2)nc1-c1ccc(F)cc1. The first-order chi connectivity index (χ1) is 16.9. The molecule has 9 nitrogen and oxygen atoms in total. The van der Waals surface area contributed by atoms with Crippen LogP contribution in [0.3, 0.4) is 0 Å². The van der Waals surface area contributed by atoms with Crippen molar-refractivity contribution < 1.29 is 23.5 Å². The largest absolute Gasteiger partial charge is 0.453 e. The molecule has 2 heterocycles. The van der Waals surface area contributed by atoms with Gasteiger partial charge in [0.05, 0.1) is 24.9 Å². The third-order valence-electron chi connectivity index (χ3n) is 6.40. The molecule has 1 aliphatic carbocycles. The highest BCUT2D eigenvalue weighted by atomic mass is 19.1. The van der Waals surface area contributed by atoms with Crippen molar-refractivity contribution in [1.29, 1.82) is 0 Å². The summed E-state index contributed by atoms with van der Waals surface area (Å²) in [5.74, 6) is 0.361. The van der Waals surface area contributed by atoms with Crippen molar-refractivity contribution in [1.82, 2.24) is 25.1 Å². The zero-order valence-electron chi connectivity index (χ0n) is 20.5. The molecule has 35 heavy (non-hydrogen) atoms. The molecule has 2 fully saturated rings. The fourth-order valence-electron chi connectivity index (χ4n) is 4.44. The lowest BCUT2D eigenvalue weighted by Crippen LogP contribution is -2.53. The van der Waals surface area contributed by atoms with E-state index in [9.17, 15) is 14.0 Å². The Bertz CT molecular complexity index is 1020. The molecule has 190 valence electrons. The number of aryl methyl sites for hydroxylation is 1. The quantitative estimate of drug-likeness (QED) is 0.528. The van der Waals surface area contributed by atoms with Crippen molar-refractivity contribution in [2.24, 2.45) is 0 Å². The molecule has 0 spiro atoms. The Hall–Kier alpha value is -2.98. The van der Waals surface area contributed by atoms with Crippen LogP contribution in [-0.2, 0) is 20.8 Å². The third-order valence-corrected chi connectivity index (χ3v) is 6.40. The minimum absolute atomic E-state index is 0.0146. The van der Waals surface area contributed by atoms with Crippen LogP contribution >= 0.6 is 0 Å². The van der Waals surface area contributed by atoms with Crippen LogP contribution < -0.4 is 10.6 Å². The number of ether oxygens (including phenoxy) is 2. The Balaban J connectivity index is 1.56. The van der Waals surface area contributed by atoms with Crippen LogP contribution in [0.2, 0.25) is 0 Å². The van der Waals surface area contributed by atoms with Gasteiger partial charge in [-0.3, -0.25) is 4.79 Å². The molecule has 1 aromatic heterocycles. The molecule has 1 saturated heterocycles. The molecule has 2 aliphatic rings. The van der Waals surface area contributed by atoms with E-state index in [0.29, 0.717) is 31.9 Å². The lowest BCUT2D eigenvalue weighted by atomic mass is 10.1. The predicted molar refractivity (Wildman–Crippen MR) is 128 cm³/mol. The summed E-state index contributed by atoms with van der Waals surface area (Å²) in [4.78, 5) is 31.6. The highest BCUT2D eigenvalue weighted by Gasteiger charge is 2.41. The molecule has 0 unspecified atom stereocenters. The van der Waals surface area contributed by atoms with E-state index in [-0.39, 0.29) is 29.9 Å². The molecule has 4 rings (SSSR count). The zero-order chi connectivity index (χ0) is 24.9. The molecule has 0 radical (unpaired) electrons. The second kappa shape index (κ2) is 11.2. The molecule has 2 N–H and O–H groups in total. The molecule has 10 heteroatoms. The number of nitrogens with one attached hydrogen (secondary N) is 2. The van der Waals surface area contributed by atoms with Gasteiger partial charge in [0, 0.05) is 44.0 Å². The number of morpholine rings is 1. The summed E-state index contributed by atoms with van der Waals surface area (Å²) >= 11 is 0. The predicted octanol–water partition coefficient (Wildman–Crippen LogP) is 2.86. The average Bonchev–Trinajstić information content (AvgIpc) is 3.60. The lowest BCUT2D eigenvalue weighted by molar-refractivity contribution is -0.152. The molecule has 0 bridgehead atoms. The van der Waals surface area contributed by atoms with E-state index in [1.807, 2.05) is 29.5 Å². The van der Waals surface area contributed by atoms with Crippen LogP contribution in [0.4, 0.5) is 9.18 Å². The number of methoxy groups -OCH3 is 1. The number of rotatable bonds is 9. The Morgan fingerprint density at radius 1 is 1.31 bits per heavy atom. The van der Waals surface area contributed by atoms with Gasteiger partial charge >= 0.3 is 6.09 Å². The van der Waals surface area contributed by atoms with Gasteiger partial charge in [-0.2, -0.15) is 0 Å². The number of hydrogen-bond acceptors (Lipinski definition) is 6. The van der Waals surface area contributed by atoms with Crippen LogP contribution in [0, 0.1) is 5.82 Å². The number of hydrogen-bond donors (Lipinski definition) is 2. The van der Waals surface area contributed by atoms with Gasteiger partial charge in [-0.1, -0.05) is 0 Å². The van der Waals surface area contributed by atoms with Crippen LogP contribution in [0.15, 0.2) is 30.5 Å². The minimum Gasteiger partial charge on any atom is -0.453 e. The standard InChI is InChI=1S/C25H34FN5O4/c1-16-13-27-14-22(35-16)24(32)31(20-9-10-20)17(2)21-15-30(12-4-11-28-25(33)34-3)23(29-21)18-5-7-19(26)8-6-18/h5-8,15-17,20,22,27H,4,9-14H2,1-3H3,(H,28,33)/t16-,17-,22-/m1/s1. The van der Waals surface area contributed by atoms with Crippen molar-refractivity contribution in [2.75, 3.05) is 26.7 Å². The zero-order valence-corrected chi connectivity index (χ0v) is 20.5. The fourth-order valence-corrected chi connectivity index (χ4v) is 4.44. The lowest BCUT2D eigenvalue weighted by Gasteiger charge is -2.35. The smallest absolute Gasteiger partial charge is 0.406 e. The molecule has 2 aromatic rings. The fraction of sp³-hybridized carbons (Fsp3) is 0.560. The van der Waals surface area contributed by atoms with Gasteiger partial charge in [0.25, 0.3) is 5.91 Å². The monoisotopic (exact) mass is 487 g/mol. The van der Waals surface area contributed by atoms with Crippen molar-refractivity contribution in [3.8, 4) is 11.4 Å². The topological polar surface area (TPSA) is 97.7 Å². The van der Waals surface area contributed by atoms with E-state index in [1.54, 1.807) is 12.1 Å². The molecular weight excluding hydrogens is 453 g/mol. The van der Waals surface area contributed by atoms with Crippen LogP contribution in [-0.4, -0.2) is 71.4 Å². The number of aromatic nitrogens is 2. The first kappa shape index (κ1) is 25.1. The van der Waals surface area contributed by atoms with Gasteiger partial charge in [-0.25, -0.2) is 14.2 Å². The summed E-state index contributed by atoms with van der Waals surface area (Å²) in [5.41, 5.74) is 1.55. The summed E-state index contributed by atoms with van der Waals surface area (Å²) in [6, 6.07) is 6.14. The van der Waals surface area contributed by atoms with Crippen molar-refractivity contribution in [3.63, 3.8) is 0 Å². The molecule has 1 aliphatic heterocycles. The number of carbonyl (C=O) groups is 2. The highest BCUT2D eigenvalue weighted by molar-refractivity contribution is 5.82. The third kappa shape index (κ3) is 6.18. The second-order valence-electron chi connectivity index (χ2n) is 9.21. The first-order valence-corrected chi connectivity index (χ1v) is 12.2. The highest BCUT2D eigenvalue weighted by Crippen LogP contribution is 2.36. The van der Waals surface area contributed by atoms with Crippen molar-refractivity contribution >= 4 is 12.0 Å². The summed E-state index contributed by atoms with van der Waals surface area (Å²) in [6.45, 7) is 6.22. The van der Waals surface area contributed by atoms with Gasteiger partial charge in [-0.15, -0.1) is 0 Å². The van der Waals surface area contributed by atoms with E-state index in [2.05, 4.69) is 15.4 Å². The van der Waals surface area contributed by atoms with Crippen molar-refractivity contribution in [2.45, 2.75) is 63.9 Å². The van der Waals surface area contributed by atoms with Gasteiger partial charge in [0.1, 0.15) is 17.7 Å². The molecule has 3 atom stereocenters. The van der Waals surface area contributed by atoms with Crippen LogP contribution in [0.25, 0.3) is 11.4 Å². The molecule has 1 saturated carbocycles. The van der Waals surface area contributed by atoms with E-state index >= 15 is 0 Å². The number of halogens is 1. The number of carbonyl (C=O) groups excluding carboxylic acids is 2. The maximum absolute atomic E-state index is 13.5. The number of nitrogens with zero attached hydrogens (tertiary/aromatic N) is 3. The summed E-state index contributed by atoms with van der Waals surface area (Å²) in [5, 5.41) is 5.95. The normalized spacial score (nSPS) is 20.8. The van der Waals surface area contributed by atoms with Gasteiger partial charge < -0.3 is 29.6 Å². The van der Waals surface area contributed by atoms with Crippen molar-refractivity contribution in [3.05, 3.63) is 42.0 Å². The second-order valence-corrected chi connectivity index (χ2v) is 9.21. The first-order valence-electron chi connectivity index (χ1n) is 12.2. The van der Waals surface area contributed by atoms with E-state index < -0.39 is 12.2 Å². The maximum Gasteiger partial charge on any atom is 0.406 e. The number of amides is 2. The Morgan fingerprint density at radius 3 is 2.71 bits per heavy atom. The number of benzene rings is 1. The van der Waals surface area contributed by atoms with Gasteiger partial charge in [0.15, 0.2) is 0 Å². The number of imidazole rings is 1. The van der Waals surface area contributed by atoms with Crippen LogP contribution in [0.5, 0.6) is 0 Å². The van der Waals surface area contributed by atoms with Gasteiger partial charge in [0.2, 0.25) is 0 Å². The summed E-state index contributed by atoms with van der Waals surface area (Å²) in [6.07, 6.45) is 3.54. The number of alkyl carbamates (subject to hydrolysis) is 1. The Labute approximate surface area is 205 Å². The van der Waals surface area contributed by atoms with Gasteiger partial charge in [-0.05, 0) is 57.4 Å². The Morgan fingerprint density at radius 2 is 2.06 bits per heavy atom. The minimum atomic E-state index is -0.509. The summed E-state index contributed by atoms with van der Waals surface area (Å²) < 4.78 is 26.1. The van der Waals surface area contributed by atoms with E-state index in [4.69, 9.17) is 9.72 Å². The van der Waals surface area contributed by atoms with E-state index in [1.165, 1.54) is 19.2 Å². The van der Waals surface area contributed by atoms with Crippen LogP contribution in [0.1, 0.15) is 44.8 Å². The molecular formula is C25H34FN5O4.